The van der Waals surface area contributed by atoms with Gasteiger partial charge >= 0.3 is 0 Å². The van der Waals surface area contributed by atoms with Gasteiger partial charge in [0.2, 0.25) is 0 Å². The van der Waals surface area contributed by atoms with Gasteiger partial charge in [-0.1, -0.05) is 24.3 Å². The van der Waals surface area contributed by atoms with Gasteiger partial charge in [-0.3, -0.25) is 4.79 Å². The number of benzene rings is 2. The summed E-state index contributed by atoms with van der Waals surface area (Å²) in [6, 6.07) is 13.7. The molecule has 0 aromatic heterocycles. The van der Waals surface area contributed by atoms with Crippen LogP contribution in [0, 0.1) is 0 Å². The van der Waals surface area contributed by atoms with Crippen LogP contribution in [0.4, 0.5) is 0 Å². The molecule has 5 heteroatoms. The number of carbonyl (C=O) groups excluding carboxylic acids is 1. The molecule has 0 saturated heterocycles. The number of phenols is 1. The van der Waals surface area contributed by atoms with E-state index < -0.39 is 0 Å². The number of nitrogens with zero attached hydrogens (tertiary/aromatic N) is 1. The predicted octanol–water partition coefficient (Wildman–Crippen LogP) is 2.92. The number of nitrogens with one attached hydrogen (secondary N) is 1. The first-order valence-electron chi connectivity index (χ1n) is 5.54. The molecule has 2 aromatic rings. The van der Waals surface area contributed by atoms with Crippen molar-refractivity contribution in [1.82, 2.24) is 5.43 Å². The number of amides is 1. The van der Waals surface area contributed by atoms with Gasteiger partial charge in [0.05, 0.1) is 11.8 Å². The van der Waals surface area contributed by atoms with Gasteiger partial charge < -0.3 is 5.11 Å². The second-order valence-electron chi connectivity index (χ2n) is 3.77. The number of hydrogen-bond donors (Lipinski definition) is 2. The molecule has 0 fully saturated rings. The Morgan fingerprint density at radius 2 is 2.00 bits per heavy atom. The van der Waals surface area contributed by atoms with Gasteiger partial charge in [-0.25, -0.2) is 5.43 Å². The molecule has 0 aliphatic carbocycles. The van der Waals surface area contributed by atoms with Gasteiger partial charge in [-0.15, -0.1) is 0 Å². The lowest BCUT2D eigenvalue weighted by Crippen LogP contribution is -2.18. The molecule has 2 N–H and O–H groups in total. The maximum absolute atomic E-state index is 11.8. The lowest BCUT2D eigenvalue weighted by molar-refractivity contribution is 0.0954. The lowest BCUT2D eigenvalue weighted by atomic mass is 10.2. The molecule has 0 unspecified atom stereocenters. The number of aromatic hydroxyl groups is 1. The third-order valence-corrected chi connectivity index (χ3v) is 3.06. The molecule has 1 amide bonds. The minimum atomic E-state index is -0.302. The van der Waals surface area contributed by atoms with E-state index in [0.29, 0.717) is 15.6 Å². The van der Waals surface area contributed by atoms with Gasteiger partial charge in [-0.2, -0.15) is 5.10 Å². The Hall–Kier alpha value is -2.14. The fraction of sp³-hybridized carbons (Fsp3) is 0. The van der Waals surface area contributed by atoms with Crippen molar-refractivity contribution >= 4 is 28.1 Å². The van der Waals surface area contributed by atoms with E-state index in [1.54, 1.807) is 42.5 Å². The Morgan fingerprint density at radius 1 is 1.21 bits per heavy atom. The van der Waals surface area contributed by atoms with Crippen molar-refractivity contribution in [3.8, 4) is 5.75 Å². The first-order valence-corrected chi connectivity index (χ1v) is 6.33. The molecule has 0 spiro atoms. The zero-order chi connectivity index (χ0) is 13.7. The van der Waals surface area contributed by atoms with Gasteiger partial charge in [0, 0.05) is 4.47 Å². The van der Waals surface area contributed by atoms with Crippen molar-refractivity contribution in [3.63, 3.8) is 0 Å². The molecule has 0 heterocycles. The number of phenolic OH excluding ortho intramolecular Hbond substituents is 1. The van der Waals surface area contributed by atoms with Crippen molar-refractivity contribution in [2.75, 3.05) is 0 Å². The molecular formula is C14H11BrN2O2. The summed E-state index contributed by atoms with van der Waals surface area (Å²) >= 11 is 3.30. The highest BCUT2D eigenvalue weighted by molar-refractivity contribution is 9.10. The Kier molecular flexibility index (Phi) is 4.30. The maximum Gasteiger partial charge on any atom is 0.272 e. The maximum atomic E-state index is 11.8. The summed E-state index contributed by atoms with van der Waals surface area (Å²) in [6.45, 7) is 0. The Bertz CT molecular complexity index is 626. The topological polar surface area (TPSA) is 61.7 Å². The second-order valence-corrected chi connectivity index (χ2v) is 4.63. The lowest BCUT2D eigenvalue weighted by Gasteiger charge is -2.01. The molecule has 0 saturated carbocycles. The highest BCUT2D eigenvalue weighted by Crippen LogP contribution is 2.15. The van der Waals surface area contributed by atoms with Gasteiger partial charge in [-0.05, 0) is 45.8 Å². The molecule has 19 heavy (non-hydrogen) atoms. The number of halogens is 1. The predicted molar refractivity (Wildman–Crippen MR) is 77.3 cm³/mol. The summed E-state index contributed by atoms with van der Waals surface area (Å²) in [6.07, 6.45) is 1.47. The van der Waals surface area contributed by atoms with Gasteiger partial charge in [0.25, 0.3) is 5.91 Å². The van der Waals surface area contributed by atoms with Crippen LogP contribution in [0.1, 0.15) is 15.9 Å². The summed E-state index contributed by atoms with van der Waals surface area (Å²) in [7, 11) is 0. The summed E-state index contributed by atoms with van der Waals surface area (Å²) in [5.74, 6) is -0.148. The normalized spacial score (nSPS) is 10.6. The van der Waals surface area contributed by atoms with E-state index >= 15 is 0 Å². The monoisotopic (exact) mass is 318 g/mol. The standard InChI is InChI=1S/C14H11BrN2O2/c15-13-7-2-1-6-12(13)14(19)17-16-9-10-4-3-5-11(18)8-10/h1-9,18H,(H,17,19)/b16-9+. The van der Waals surface area contributed by atoms with Gasteiger partial charge in [0.1, 0.15) is 5.75 Å². The van der Waals surface area contributed by atoms with Crippen LogP contribution in [0.5, 0.6) is 5.75 Å². The van der Waals surface area contributed by atoms with Crippen LogP contribution in [0.3, 0.4) is 0 Å². The van der Waals surface area contributed by atoms with Crippen LogP contribution in [0.25, 0.3) is 0 Å². The van der Waals surface area contributed by atoms with Crippen molar-refractivity contribution in [2.24, 2.45) is 5.10 Å². The van der Waals surface area contributed by atoms with Gasteiger partial charge in [0.15, 0.2) is 0 Å². The Morgan fingerprint density at radius 3 is 2.74 bits per heavy atom. The zero-order valence-electron chi connectivity index (χ0n) is 9.88. The number of carbonyl (C=O) groups is 1. The van der Waals surface area contributed by atoms with Crippen molar-refractivity contribution < 1.29 is 9.90 Å². The Balaban J connectivity index is 2.03. The fourth-order valence-electron chi connectivity index (χ4n) is 1.48. The van der Waals surface area contributed by atoms with Crippen LogP contribution in [0.2, 0.25) is 0 Å². The molecule has 4 nitrogen and oxygen atoms in total. The van der Waals surface area contributed by atoms with E-state index in [1.807, 2.05) is 6.07 Å². The fourth-order valence-corrected chi connectivity index (χ4v) is 1.94. The van der Waals surface area contributed by atoms with Crippen molar-refractivity contribution in [1.29, 1.82) is 0 Å². The largest absolute Gasteiger partial charge is 0.508 e. The summed E-state index contributed by atoms with van der Waals surface area (Å²) in [4.78, 5) is 11.8. The molecule has 2 aromatic carbocycles. The smallest absolute Gasteiger partial charge is 0.272 e. The van der Waals surface area contributed by atoms with E-state index in [-0.39, 0.29) is 11.7 Å². The third kappa shape index (κ3) is 3.66. The molecule has 2 rings (SSSR count). The minimum Gasteiger partial charge on any atom is -0.508 e. The summed E-state index contributed by atoms with van der Waals surface area (Å²) < 4.78 is 0.708. The number of rotatable bonds is 3. The quantitative estimate of drug-likeness (QED) is 0.675. The molecule has 0 bridgehead atoms. The van der Waals surface area contributed by atoms with Crippen molar-refractivity contribution in [2.45, 2.75) is 0 Å². The number of hydrazone groups is 1. The highest BCUT2D eigenvalue weighted by atomic mass is 79.9. The van der Waals surface area contributed by atoms with Crippen LogP contribution in [0.15, 0.2) is 58.1 Å². The third-order valence-electron chi connectivity index (χ3n) is 2.37. The number of hydrogen-bond acceptors (Lipinski definition) is 3. The average Bonchev–Trinajstić information content (AvgIpc) is 2.39. The first-order chi connectivity index (χ1) is 9.16. The summed E-state index contributed by atoms with van der Waals surface area (Å²) in [5, 5.41) is 13.1. The highest BCUT2D eigenvalue weighted by Gasteiger charge is 2.07. The minimum absolute atomic E-state index is 0.154. The summed E-state index contributed by atoms with van der Waals surface area (Å²) in [5.41, 5.74) is 3.64. The zero-order valence-corrected chi connectivity index (χ0v) is 11.5. The van der Waals surface area contributed by atoms with E-state index in [2.05, 4.69) is 26.5 Å². The average molecular weight is 319 g/mol. The molecule has 0 aliphatic rings. The van der Waals surface area contributed by atoms with E-state index in [9.17, 15) is 9.90 Å². The molecule has 0 aliphatic heterocycles. The van der Waals surface area contributed by atoms with E-state index in [4.69, 9.17) is 0 Å². The molecule has 0 radical (unpaired) electrons. The van der Waals surface area contributed by atoms with E-state index in [0.717, 1.165) is 0 Å². The van der Waals surface area contributed by atoms with Crippen molar-refractivity contribution in [3.05, 3.63) is 64.1 Å². The van der Waals surface area contributed by atoms with Crippen LogP contribution in [-0.4, -0.2) is 17.2 Å². The molecular weight excluding hydrogens is 308 g/mol. The Labute approximate surface area is 118 Å². The van der Waals surface area contributed by atoms with E-state index in [1.165, 1.54) is 6.21 Å². The van der Waals surface area contributed by atoms with Crippen LogP contribution >= 0.6 is 15.9 Å². The van der Waals surface area contributed by atoms with Crippen LogP contribution in [-0.2, 0) is 0 Å². The SMILES string of the molecule is O=C(N/N=C/c1cccc(O)c1)c1ccccc1Br. The molecule has 96 valence electrons. The van der Waals surface area contributed by atoms with Crippen LogP contribution < -0.4 is 5.43 Å². The first kappa shape index (κ1) is 13.3. The molecule has 0 atom stereocenters. The second kappa shape index (κ2) is 6.15.